The molecule has 2 rings (SSSR count). The Morgan fingerprint density at radius 2 is 2.24 bits per heavy atom. The van der Waals surface area contributed by atoms with E-state index in [1.807, 2.05) is 0 Å². The molecule has 21 heavy (non-hydrogen) atoms. The molecule has 1 aliphatic rings. The molecule has 0 amide bonds. The van der Waals surface area contributed by atoms with Gasteiger partial charge in [-0.1, -0.05) is 17.9 Å². The van der Waals surface area contributed by atoms with Crippen molar-refractivity contribution in [3.05, 3.63) is 29.3 Å². The van der Waals surface area contributed by atoms with Crippen LogP contribution in [0.2, 0.25) is 0 Å². The summed E-state index contributed by atoms with van der Waals surface area (Å²) in [4.78, 5) is 0.282. The lowest BCUT2D eigenvalue weighted by atomic mass is 10.1. The lowest BCUT2D eigenvalue weighted by molar-refractivity contribution is 0.233. The number of hydrogen-bond acceptors (Lipinski definition) is 4. The molecule has 6 heteroatoms. The number of aliphatic hydroxyl groups excluding tert-OH is 1. The summed E-state index contributed by atoms with van der Waals surface area (Å²) in [6.07, 6.45) is 0.696. The van der Waals surface area contributed by atoms with Gasteiger partial charge in [0.25, 0.3) is 0 Å². The van der Waals surface area contributed by atoms with Crippen LogP contribution in [0, 0.1) is 24.7 Å². The first kappa shape index (κ1) is 16.0. The monoisotopic (exact) mass is 308 g/mol. The molecule has 0 spiro atoms. The molecular weight excluding hydrogens is 288 g/mol. The Morgan fingerprint density at radius 3 is 2.86 bits per heavy atom. The van der Waals surface area contributed by atoms with Crippen molar-refractivity contribution in [1.29, 1.82) is 0 Å². The molecule has 1 aromatic rings. The maximum absolute atomic E-state index is 12.7. The number of nitrogens with zero attached hydrogens (tertiary/aromatic N) is 1. The van der Waals surface area contributed by atoms with E-state index in [0.717, 1.165) is 0 Å². The number of rotatable bonds is 3. The van der Waals surface area contributed by atoms with Gasteiger partial charge < -0.3 is 10.8 Å². The van der Waals surface area contributed by atoms with Crippen LogP contribution in [-0.2, 0) is 10.0 Å². The highest BCUT2D eigenvalue weighted by Crippen LogP contribution is 2.26. The van der Waals surface area contributed by atoms with Crippen LogP contribution in [0.4, 0.5) is 0 Å². The molecule has 1 unspecified atom stereocenters. The van der Waals surface area contributed by atoms with E-state index in [2.05, 4.69) is 11.8 Å². The molecular formula is C15H20N2O3S. The standard InChI is InChI=1S/C15H20N2O3S/c1-12-4-5-13(3-2-7-16)9-15(12)21(19,20)17-8-6-14(10-17)11-18/h4-5,9,14,18H,6-8,10-11,16H2,1H3. The van der Waals surface area contributed by atoms with Gasteiger partial charge in [0.2, 0.25) is 10.0 Å². The van der Waals surface area contributed by atoms with Crippen molar-refractivity contribution in [3.8, 4) is 11.8 Å². The topological polar surface area (TPSA) is 83.6 Å². The highest BCUT2D eigenvalue weighted by atomic mass is 32.2. The third kappa shape index (κ3) is 3.44. The molecule has 1 aromatic carbocycles. The number of sulfonamides is 1. The van der Waals surface area contributed by atoms with Crippen LogP contribution in [-0.4, -0.2) is 44.1 Å². The highest BCUT2D eigenvalue weighted by Gasteiger charge is 2.33. The van der Waals surface area contributed by atoms with E-state index in [4.69, 9.17) is 10.8 Å². The Hall–Kier alpha value is -1.39. The first-order valence-corrected chi connectivity index (χ1v) is 8.33. The van der Waals surface area contributed by atoms with Gasteiger partial charge in [-0.3, -0.25) is 0 Å². The molecule has 0 bridgehead atoms. The van der Waals surface area contributed by atoms with E-state index in [9.17, 15) is 8.42 Å². The fourth-order valence-corrected chi connectivity index (χ4v) is 4.19. The number of hydrogen-bond donors (Lipinski definition) is 2. The van der Waals surface area contributed by atoms with Crippen LogP contribution in [0.15, 0.2) is 23.1 Å². The van der Waals surface area contributed by atoms with Gasteiger partial charge in [-0.05, 0) is 37.0 Å². The van der Waals surface area contributed by atoms with Crippen molar-refractivity contribution >= 4 is 10.0 Å². The summed E-state index contributed by atoms with van der Waals surface area (Å²) in [6.45, 7) is 2.85. The molecule has 3 N–H and O–H groups in total. The second-order valence-corrected chi connectivity index (χ2v) is 7.09. The summed E-state index contributed by atoms with van der Waals surface area (Å²) < 4.78 is 26.9. The Balaban J connectivity index is 2.35. The molecule has 0 aromatic heterocycles. The molecule has 1 aliphatic heterocycles. The largest absolute Gasteiger partial charge is 0.396 e. The minimum absolute atomic E-state index is 0.0209. The van der Waals surface area contributed by atoms with Crippen molar-refractivity contribution in [2.24, 2.45) is 11.7 Å². The van der Waals surface area contributed by atoms with Crippen molar-refractivity contribution in [2.45, 2.75) is 18.2 Å². The number of nitrogens with two attached hydrogens (primary N) is 1. The quantitative estimate of drug-likeness (QED) is 0.787. The van der Waals surface area contributed by atoms with Gasteiger partial charge in [0.1, 0.15) is 0 Å². The zero-order chi connectivity index (χ0) is 15.5. The second kappa shape index (κ2) is 6.58. The minimum atomic E-state index is -3.54. The van der Waals surface area contributed by atoms with Gasteiger partial charge >= 0.3 is 0 Å². The molecule has 1 atom stereocenters. The van der Waals surface area contributed by atoms with Crippen molar-refractivity contribution in [1.82, 2.24) is 4.31 Å². The van der Waals surface area contributed by atoms with E-state index in [-0.39, 0.29) is 24.0 Å². The van der Waals surface area contributed by atoms with Crippen LogP contribution < -0.4 is 5.73 Å². The van der Waals surface area contributed by atoms with Gasteiger partial charge in [0.05, 0.1) is 11.4 Å². The Kier molecular flexibility index (Phi) is 5.01. The average Bonchev–Trinajstić information content (AvgIpc) is 2.96. The molecule has 5 nitrogen and oxygen atoms in total. The summed E-state index contributed by atoms with van der Waals surface area (Å²) in [5, 5.41) is 9.16. The predicted octanol–water partition coefficient (Wildman–Crippen LogP) is 0.308. The van der Waals surface area contributed by atoms with E-state index in [1.165, 1.54) is 4.31 Å². The van der Waals surface area contributed by atoms with Crippen LogP contribution in [0.5, 0.6) is 0 Å². The van der Waals surface area contributed by atoms with Gasteiger partial charge in [-0.15, -0.1) is 0 Å². The fraction of sp³-hybridized carbons (Fsp3) is 0.467. The third-order valence-corrected chi connectivity index (χ3v) is 5.65. The molecule has 114 valence electrons. The van der Waals surface area contributed by atoms with Gasteiger partial charge in [0.15, 0.2) is 0 Å². The van der Waals surface area contributed by atoms with Crippen LogP contribution in [0.3, 0.4) is 0 Å². The number of aliphatic hydroxyl groups is 1. The summed E-state index contributed by atoms with van der Waals surface area (Å²) in [5.41, 5.74) is 6.67. The van der Waals surface area contributed by atoms with Crippen LogP contribution in [0.1, 0.15) is 17.5 Å². The summed E-state index contributed by atoms with van der Waals surface area (Å²) in [6, 6.07) is 5.14. The number of benzene rings is 1. The van der Waals surface area contributed by atoms with Gasteiger partial charge in [0, 0.05) is 25.3 Å². The maximum Gasteiger partial charge on any atom is 0.243 e. The zero-order valence-corrected chi connectivity index (χ0v) is 12.9. The van der Waals surface area contributed by atoms with Crippen LogP contribution in [0.25, 0.3) is 0 Å². The number of aryl methyl sites for hydroxylation is 1. The molecule has 1 saturated heterocycles. The second-order valence-electron chi connectivity index (χ2n) is 5.19. The average molecular weight is 308 g/mol. The smallest absolute Gasteiger partial charge is 0.243 e. The lowest BCUT2D eigenvalue weighted by Gasteiger charge is -2.18. The van der Waals surface area contributed by atoms with E-state index < -0.39 is 10.0 Å². The van der Waals surface area contributed by atoms with Gasteiger partial charge in [-0.25, -0.2) is 8.42 Å². The van der Waals surface area contributed by atoms with Gasteiger partial charge in [-0.2, -0.15) is 4.31 Å². The zero-order valence-electron chi connectivity index (χ0n) is 12.0. The van der Waals surface area contributed by atoms with Crippen molar-refractivity contribution in [2.75, 3.05) is 26.2 Å². The third-order valence-electron chi connectivity index (χ3n) is 3.65. The molecule has 1 fully saturated rings. The highest BCUT2D eigenvalue weighted by molar-refractivity contribution is 7.89. The SMILES string of the molecule is Cc1ccc(C#CCN)cc1S(=O)(=O)N1CCC(CO)C1. The first-order valence-electron chi connectivity index (χ1n) is 6.89. The summed E-state index contributed by atoms with van der Waals surface area (Å²) >= 11 is 0. The fourth-order valence-electron chi connectivity index (χ4n) is 2.41. The Bertz CT molecular complexity index is 674. The molecule has 0 aliphatic carbocycles. The van der Waals surface area contributed by atoms with Crippen LogP contribution >= 0.6 is 0 Å². The molecule has 1 heterocycles. The maximum atomic E-state index is 12.7. The lowest BCUT2D eigenvalue weighted by Crippen LogP contribution is -2.29. The van der Waals surface area contributed by atoms with E-state index in [0.29, 0.717) is 30.6 Å². The Morgan fingerprint density at radius 1 is 1.48 bits per heavy atom. The Labute approximate surface area is 125 Å². The van der Waals surface area contributed by atoms with E-state index >= 15 is 0 Å². The normalized spacial score (nSPS) is 19.3. The van der Waals surface area contributed by atoms with Crippen molar-refractivity contribution < 1.29 is 13.5 Å². The summed E-state index contributed by atoms with van der Waals surface area (Å²) in [7, 11) is -3.54. The molecule has 0 radical (unpaired) electrons. The first-order chi connectivity index (χ1) is 9.98. The molecule has 0 saturated carbocycles. The minimum Gasteiger partial charge on any atom is -0.396 e. The van der Waals surface area contributed by atoms with Crippen molar-refractivity contribution in [3.63, 3.8) is 0 Å². The summed E-state index contributed by atoms with van der Waals surface area (Å²) in [5.74, 6) is 5.61. The van der Waals surface area contributed by atoms with E-state index in [1.54, 1.807) is 25.1 Å². The predicted molar refractivity (Wildman–Crippen MR) is 81.1 cm³/mol.